The molecule has 5 aromatic carbocycles. The lowest BCUT2D eigenvalue weighted by Crippen LogP contribution is -2.40. The Morgan fingerprint density at radius 1 is 0.796 bits per heavy atom. The second-order valence-corrected chi connectivity index (χ2v) is 14.0. The fourth-order valence-corrected chi connectivity index (χ4v) is 8.02. The summed E-state index contributed by atoms with van der Waals surface area (Å²) in [6.45, 7) is 4.02. The van der Waals surface area contributed by atoms with Crippen molar-refractivity contribution in [2.45, 2.75) is 19.9 Å². The Balaban J connectivity index is 1.43. The van der Waals surface area contributed by atoms with Crippen LogP contribution in [0, 0.1) is 6.92 Å². The molecule has 1 aliphatic rings. The van der Waals surface area contributed by atoms with Crippen LogP contribution < -0.4 is 19.6 Å². The number of hydrogen-bond acceptors (Lipinski definition) is 6. The van der Waals surface area contributed by atoms with E-state index in [0.29, 0.717) is 26.3 Å². The van der Waals surface area contributed by atoms with Gasteiger partial charge in [-0.2, -0.15) is 0 Å². The van der Waals surface area contributed by atoms with E-state index in [1.165, 1.54) is 11.3 Å². The number of esters is 1. The topological polar surface area (TPSA) is 74.8 Å². The highest BCUT2D eigenvalue weighted by Gasteiger charge is 2.35. The number of aromatic nitrogens is 2. The molecule has 0 fully saturated rings. The minimum absolute atomic E-state index is 0.170. The van der Waals surface area contributed by atoms with Crippen LogP contribution in [0.25, 0.3) is 40.0 Å². The van der Waals surface area contributed by atoms with E-state index in [2.05, 4.69) is 66.1 Å². The molecule has 8 heteroatoms. The van der Waals surface area contributed by atoms with Gasteiger partial charge in [-0.15, -0.1) is 0 Å². The standard InChI is InChI=1S/C46H37N3O4S/c1-4-53-45(51)40-41(32-17-10-6-11-18-32)47-46-49(43(40)34-21-14-22-37(27-34)52-3)44(50)39(54-46)29-35-28-38(31-15-8-5-9-16-31)48(36-25-23-30(2)24-26-36)42(35)33-19-12-7-13-20-33/h5-29,43H,4H2,1-3H3/b39-29-/t43-/m0/s1. The molecule has 266 valence electrons. The fraction of sp³-hybridized carbons (Fsp3) is 0.109. The summed E-state index contributed by atoms with van der Waals surface area (Å²) in [4.78, 5) is 34.4. The first kappa shape index (κ1) is 34.6. The summed E-state index contributed by atoms with van der Waals surface area (Å²) >= 11 is 1.30. The van der Waals surface area contributed by atoms with Gasteiger partial charge in [-0.3, -0.25) is 9.36 Å². The number of benzene rings is 5. The summed E-state index contributed by atoms with van der Waals surface area (Å²) in [5.41, 5.74) is 8.98. The van der Waals surface area contributed by atoms with E-state index in [-0.39, 0.29) is 17.7 Å². The number of aryl methyl sites for hydroxylation is 1. The maximum Gasteiger partial charge on any atom is 0.338 e. The summed E-state index contributed by atoms with van der Waals surface area (Å²) in [5, 5.41) is 0. The van der Waals surface area contributed by atoms with Crippen molar-refractivity contribution >= 4 is 29.1 Å². The molecule has 0 N–H and O–H groups in total. The van der Waals surface area contributed by atoms with Crippen LogP contribution in [0.3, 0.4) is 0 Å². The third-order valence-corrected chi connectivity index (χ3v) is 10.5. The van der Waals surface area contributed by atoms with Crippen molar-refractivity contribution in [2.24, 2.45) is 4.99 Å². The zero-order valence-electron chi connectivity index (χ0n) is 30.1. The van der Waals surface area contributed by atoms with E-state index in [1.807, 2.05) is 97.1 Å². The monoisotopic (exact) mass is 727 g/mol. The van der Waals surface area contributed by atoms with Crippen molar-refractivity contribution in [1.82, 2.24) is 9.13 Å². The highest BCUT2D eigenvalue weighted by molar-refractivity contribution is 7.07. The summed E-state index contributed by atoms with van der Waals surface area (Å²) in [6.07, 6.45) is 1.96. The lowest BCUT2D eigenvalue weighted by atomic mass is 9.93. The molecular weight excluding hydrogens is 691 g/mol. The summed E-state index contributed by atoms with van der Waals surface area (Å²) in [5.74, 6) is 0.0748. The number of methoxy groups -OCH3 is 1. The zero-order valence-corrected chi connectivity index (χ0v) is 30.9. The van der Waals surface area contributed by atoms with E-state index in [4.69, 9.17) is 14.5 Å². The average Bonchev–Trinajstić information content (AvgIpc) is 3.75. The molecule has 0 radical (unpaired) electrons. The number of nitrogens with zero attached hydrogens (tertiary/aromatic N) is 3. The number of rotatable bonds is 9. The molecule has 0 saturated heterocycles. The Labute approximate surface area is 317 Å². The largest absolute Gasteiger partial charge is 0.497 e. The quantitative estimate of drug-likeness (QED) is 0.140. The Bertz CT molecular complexity index is 2690. The minimum atomic E-state index is -0.821. The summed E-state index contributed by atoms with van der Waals surface area (Å²) < 4.78 is 15.6. The number of fused-ring (bicyclic) bond motifs is 1. The molecule has 0 spiro atoms. The van der Waals surface area contributed by atoms with Crippen LogP contribution in [-0.4, -0.2) is 28.8 Å². The van der Waals surface area contributed by atoms with E-state index in [9.17, 15) is 9.59 Å². The van der Waals surface area contributed by atoms with Gasteiger partial charge in [-0.25, -0.2) is 9.79 Å². The average molecular weight is 728 g/mol. The van der Waals surface area contributed by atoms with Crippen LogP contribution in [0.2, 0.25) is 0 Å². The van der Waals surface area contributed by atoms with Crippen LogP contribution in [0.5, 0.6) is 5.75 Å². The third-order valence-electron chi connectivity index (χ3n) is 9.51. The zero-order chi connectivity index (χ0) is 37.2. The molecule has 7 aromatic rings. The van der Waals surface area contributed by atoms with E-state index < -0.39 is 12.0 Å². The predicted molar refractivity (Wildman–Crippen MR) is 215 cm³/mol. The van der Waals surface area contributed by atoms with E-state index >= 15 is 0 Å². The van der Waals surface area contributed by atoms with Gasteiger partial charge in [-0.1, -0.05) is 132 Å². The van der Waals surface area contributed by atoms with Gasteiger partial charge in [0.1, 0.15) is 5.75 Å². The van der Waals surface area contributed by atoms with Crippen LogP contribution in [0.1, 0.15) is 35.2 Å². The Kier molecular flexibility index (Phi) is 9.51. The summed E-state index contributed by atoms with van der Waals surface area (Å²) in [7, 11) is 1.60. The first-order valence-corrected chi connectivity index (χ1v) is 18.6. The van der Waals surface area contributed by atoms with Crippen molar-refractivity contribution < 1.29 is 14.3 Å². The van der Waals surface area contributed by atoms with E-state index in [1.54, 1.807) is 18.6 Å². The minimum Gasteiger partial charge on any atom is -0.497 e. The van der Waals surface area contributed by atoms with Crippen molar-refractivity contribution in [3.63, 3.8) is 0 Å². The molecule has 7 nitrogen and oxygen atoms in total. The molecule has 0 aliphatic carbocycles. The number of carbonyl (C=O) groups is 1. The SMILES string of the molecule is CCOC(=O)C1=C(c2ccccc2)N=c2s/c(=C\c3cc(-c4ccccc4)n(-c4ccc(C)cc4)c3-c3ccccc3)c(=O)n2[C@H]1c1cccc(OC)c1. The number of hydrogen-bond donors (Lipinski definition) is 0. The molecule has 54 heavy (non-hydrogen) atoms. The maximum absolute atomic E-state index is 14.9. The summed E-state index contributed by atoms with van der Waals surface area (Å²) in [6, 6.07) is 47.3. The first-order valence-electron chi connectivity index (χ1n) is 17.8. The first-order chi connectivity index (χ1) is 26.4. The lowest BCUT2D eigenvalue weighted by molar-refractivity contribution is -0.138. The van der Waals surface area contributed by atoms with Crippen molar-refractivity contribution in [2.75, 3.05) is 13.7 Å². The number of thiazole rings is 1. The molecule has 0 amide bonds. The van der Waals surface area contributed by atoms with Crippen LogP contribution in [0.15, 0.2) is 161 Å². The molecule has 8 rings (SSSR count). The molecule has 3 heterocycles. The van der Waals surface area contributed by atoms with Crippen LogP contribution in [0.4, 0.5) is 0 Å². The van der Waals surface area contributed by atoms with Crippen LogP contribution >= 0.6 is 11.3 Å². The lowest BCUT2D eigenvalue weighted by Gasteiger charge is -2.26. The van der Waals surface area contributed by atoms with Crippen LogP contribution in [-0.2, 0) is 9.53 Å². The Morgan fingerprint density at radius 2 is 1.44 bits per heavy atom. The molecule has 0 saturated carbocycles. The van der Waals surface area contributed by atoms with Crippen molar-refractivity contribution in [3.8, 4) is 34.0 Å². The number of ether oxygens (including phenoxy) is 2. The predicted octanol–water partition coefficient (Wildman–Crippen LogP) is 8.38. The highest BCUT2D eigenvalue weighted by Crippen LogP contribution is 2.38. The van der Waals surface area contributed by atoms with Gasteiger partial charge in [0.25, 0.3) is 5.56 Å². The molecule has 1 aliphatic heterocycles. The van der Waals surface area contributed by atoms with Gasteiger partial charge < -0.3 is 14.0 Å². The Hall–Kier alpha value is -6.51. The van der Waals surface area contributed by atoms with Gasteiger partial charge in [0.05, 0.1) is 46.9 Å². The van der Waals surface area contributed by atoms with Gasteiger partial charge in [-0.05, 0) is 66.9 Å². The van der Waals surface area contributed by atoms with Gasteiger partial charge in [0, 0.05) is 16.8 Å². The second-order valence-electron chi connectivity index (χ2n) is 12.9. The smallest absolute Gasteiger partial charge is 0.338 e. The molecule has 0 unspecified atom stereocenters. The molecule has 0 bridgehead atoms. The molecule has 1 atom stereocenters. The number of carbonyl (C=O) groups excluding carboxylic acids is 1. The van der Waals surface area contributed by atoms with Gasteiger partial charge >= 0.3 is 5.97 Å². The maximum atomic E-state index is 14.9. The molecular formula is C46H37N3O4S. The second kappa shape index (κ2) is 14.8. The van der Waals surface area contributed by atoms with E-state index in [0.717, 1.165) is 44.9 Å². The van der Waals surface area contributed by atoms with Gasteiger partial charge in [0.15, 0.2) is 4.80 Å². The van der Waals surface area contributed by atoms with Gasteiger partial charge in [0.2, 0.25) is 0 Å². The Morgan fingerprint density at radius 3 is 2.09 bits per heavy atom. The highest BCUT2D eigenvalue weighted by atomic mass is 32.1. The normalized spacial score (nSPS) is 14.1. The van der Waals surface area contributed by atoms with Crippen molar-refractivity contribution in [3.05, 3.63) is 193 Å². The molecule has 2 aromatic heterocycles. The fourth-order valence-electron chi connectivity index (χ4n) is 7.02. The third kappa shape index (κ3) is 6.41. The van der Waals surface area contributed by atoms with Crippen molar-refractivity contribution in [1.29, 1.82) is 0 Å².